The molecule has 0 saturated carbocycles. The third kappa shape index (κ3) is 4.76. The first-order chi connectivity index (χ1) is 11.7. The molecule has 0 amide bonds. The molecule has 0 radical (unpaired) electrons. The van der Waals surface area contributed by atoms with Crippen LogP contribution in [0, 0.1) is 5.82 Å². The molecule has 1 heterocycles. The number of hydrogen-bond acceptors (Lipinski definition) is 3. The van der Waals surface area contributed by atoms with E-state index in [1.54, 1.807) is 12.1 Å². The highest BCUT2D eigenvalue weighted by Gasteiger charge is 2.15. The lowest BCUT2D eigenvalue weighted by Crippen LogP contribution is -2.31. The lowest BCUT2D eigenvalue weighted by molar-refractivity contribution is 0.114. The molecule has 3 rings (SSSR count). The van der Waals surface area contributed by atoms with Gasteiger partial charge in [0.05, 0.1) is 6.10 Å². The summed E-state index contributed by atoms with van der Waals surface area (Å²) in [5.41, 5.74) is 1.88. The average Bonchev–Trinajstić information content (AvgIpc) is 3.13. The minimum atomic E-state index is -0.243. The first-order valence-electron chi connectivity index (χ1n) is 8.08. The van der Waals surface area contributed by atoms with E-state index in [-0.39, 0.29) is 11.9 Å². The molecule has 2 aromatic carbocycles. The van der Waals surface area contributed by atoms with Gasteiger partial charge in [0.1, 0.15) is 23.2 Å². The molecule has 0 spiro atoms. The summed E-state index contributed by atoms with van der Waals surface area (Å²) in [6.07, 6.45) is 2.48. The van der Waals surface area contributed by atoms with Crippen LogP contribution in [0.1, 0.15) is 24.0 Å². The van der Waals surface area contributed by atoms with Crippen LogP contribution in [0.4, 0.5) is 4.39 Å². The Hall–Kier alpha value is -1.98. The predicted molar refractivity (Wildman–Crippen MR) is 95.9 cm³/mol. The van der Waals surface area contributed by atoms with Gasteiger partial charge in [-0.3, -0.25) is 0 Å². The second kappa shape index (κ2) is 8.22. The van der Waals surface area contributed by atoms with Gasteiger partial charge in [0, 0.05) is 18.7 Å². The summed E-state index contributed by atoms with van der Waals surface area (Å²) in [6.45, 7) is 2.00. The summed E-state index contributed by atoms with van der Waals surface area (Å²) in [6, 6.07) is 13.9. The zero-order valence-corrected chi connectivity index (χ0v) is 14.2. The molecule has 3 nitrogen and oxygen atoms in total. The molecule has 1 aliphatic rings. The standard InChI is InChI=1S/C19H20FNO2S/c20-16-7-3-14(4-8-16)13-23-17-9-5-15(6-10-17)19(24)21-12-18-2-1-11-22-18/h3-10,18H,1-2,11-13H2,(H,21,24)/t18-/m1/s1. The molecule has 0 aromatic heterocycles. The van der Waals surface area contributed by atoms with Crippen molar-refractivity contribution in [1.29, 1.82) is 0 Å². The van der Waals surface area contributed by atoms with Crippen LogP contribution in [-0.2, 0) is 11.3 Å². The second-order valence-corrected chi connectivity index (χ2v) is 6.19. The van der Waals surface area contributed by atoms with Crippen LogP contribution in [0.15, 0.2) is 48.5 Å². The third-order valence-corrected chi connectivity index (χ3v) is 4.33. The third-order valence-electron chi connectivity index (χ3n) is 3.95. The molecule has 24 heavy (non-hydrogen) atoms. The number of ether oxygens (including phenoxy) is 2. The molecule has 1 fully saturated rings. The van der Waals surface area contributed by atoms with E-state index in [9.17, 15) is 4.39 Å². The molecular weight excluding hydrogens is 325 g/mol. The highest BCUT2D eigenvalue weighted by atomic mass is 32.1. The van der Waals surface area contributed by atoms with E-state index in [4.69, 9.17) is 21.7 Å². The van der Waals surface area contributed by atoms with Crippen molar-refractivity contribution in [2.45, 2.75) is 25.6 Å². The topological polar surface area (TPSA) is 30.5 Å². The molecule has 5 heteroatoms. The number of nitrogens with one attached hydrogen (secondary N) is 1. The van der Waals surface area contributed by atoms with Crippen LogP contribution in [0.3, 0.4) is 0 Å². The fraction of sp³-hybridized carbons (Fsp3) is 0.316. The van der Waals surface area contributed by atoms with Crippen molar-refractivity contribution < 1.29 is 13.9 Å². The van der Waals surface area contributed by atoms with Crippen molar-refractivity contribution in [3.63, 3.8) is 0 Å². The van der Waals surface area contributed by atoms with E-state index >= 15 is 0 Å². The van der Waals surface area contributed by atoms with E-state index in [0.29, 0.717) is 6.61 Å². The first kappa shape index (κ1) is 16.9. The molecule has 0 bridgehead atoms. The summed E-state index contributed by atoms with van der Waals surface area (Å²) in [5.74, 6) is 0.511. The number of halogens is 1. The average molecular weight is 345 g/mol. The molecule has 0 aliphatic carbocycles. The normalized spacial score (nSPS) is 16.8. The largest absolute Gasteiger partial charge is 0.489 e. The van der Waals surface area contributed by atoms with Gasteiger partial charge in [-0.15, -0.1) is 0 Å². The Morgan fingerprint density at radius 3 is 2.58 bits per heavy atom. The molecule has 1 atom stereocenters. The van der Waals surface area contributed by atoms with Crippen molar-refractivity contribution in [1.82, 2.24) is 5.32 Å². The minimum absolute atomic E-state index is 0.243. The molecule has 1 aliphatic heterocycles. The van der Waals surface area contributed by atoms with E-state index in [0.717, 1.165) is 47.9 Å². The first-order valence-corrected chi connectivity index (χ1v) is 8.48. The van der Waals surface area contributed by atoms with E-state index < -0.39 is 0 Å². The molecule has 1 N–H and O–H groups in total. The molecule has 2 aromatic rings. The summed E-state index contributed by atoms with van der Waals surface area (Å²) in [4.78, 5) is 0.718. The van der Waals surface area contributed by atoms with Crippen LogP contribution >= 0.6 is 12.2 Å². The summed E-state index contributed by atoms with van der Waals surface area (Å²) in [5, 5.41) is 3.25. The maximum absolute atomic E-state index is 12.9. The van der Waals surface area contributed by atoms with Crippen molar-refractivity contribution in [2.24, 2.45) is 0 Å². The Labute approximate surface area is 146 Å². The fourth-order valence-electron chi connectivity index (χ4n) is 2.56. The van der Waals surface area contributed by atoms with Gasteiger partial charge >= 0.3 is 0 Å². The Morgan fingerprint density at radius 2 is 1.92 bits per heavy atom. The quantitative estimate of drug-likeness (QED) is 0.806. The van der Waals surface area contributed by atoms with Crippen LogP contribution in [0.25, 0.3) is 0 Å². The number of rotatable bonds is 6. The van der Waals surface area contributed by atoms with Crippen LogP contribution in [-0.4, -0.2) is 24.2 Å². The zero-order chi connectivity index (χ0) is 16.8. The van der Waals surface area contributed by atoms with Gasteiger partial charge in [0.25, 0.3) is 0 Å². The summed E-state index contributed by atoms with van der Waals surface area (Å²) in [7, 11) is 0. The Bertz CT molecular complexity index is 667. The Kier molecular flexibility index (Phi) is 5.77. The zero-order valence-electron chi connectivity index (χ0n) is 13.3. The van der Waals surface area contributed by atoms with Gasteiger partial charge in [-0.1, -0.05) is 24.4 Å². The smallest absolute Gasteiger partial charge is 0.123 e. The number of thiocarbonyl (C=S) groups is 1. The molecule has 1 saturated heterocycles. The van der Waals surface area contributed by atoms with Crippen molar-refractivity contribution in [2.75, 3.05) is 13.2 Å². The fourth-order valence-corrected chi connectivity index (χ4v) is 2.78. The van der Waals surface area contributed by atoms with Gasteiger partial charge in [-0.2, -0.15) is 0 Å². The second-order valence-electron chi connectivity index (χ2n) is 5.78. The Morgan fingerprint density at radius 1 is 1.17 bits per heavy atom. The van der Waals surface area contributed by atoms with Crippen LogP contribution in [0.2, 0.25) is 0 Å². The maximum atomic E-state index is 12.9. The van der Waals surface area contributed by atoms with Crippen LogP contribution < -0.4 is 10.1 Å². The van der Waals surface area contributed by atoms with Gasteiger partial charge in [0.2, 0.25) is 0 Å². The summed E-state index contributed by atoms with van der Waals surface area (Å²) < 4.78 is 24.1. The lowest BCUT2D eigenvalue weighted by Gasteiger charge is -2.13. The van der Waals surface area contributed by atoms with Gasteiger partial charge < -0.3 is 14.8 Å². The Balaban J connectivity index is 1.48. The summed E-state index contributed by atoms with van der Waals surface area (Å²) >= 11 is 5.41. The number of hydrogen-bond donors (Lipinski definition) is 1. The van der Waals surface area contributed by atoms with Gasteiger partial charge in [-0.05, 0) is 54.8 Å². The van der Waals surface area contributed by atoms with E-state index in [2.05, 4.69) is 5.32 Å². The minimum Gasteiger partial charge on any atom is -0.489 e. The number of benzene rings is 2. The molecular formula is C19H20FNO2S. The van der Waals surface area contributed by atoms with Gasteiger partial charge in [0.15, 0.2) is 0 Å². The molecule has 126 valence electrons. The lowest BCUT2D eigenvalue weighted by atomic mass is 10.2. The molecule has 0 unspecified atom stereocenters. The van der Waals surface area contributed by atoms with Crippen molar-refractivity contribution in [3.8, 4) is 5.75 Å². The van der Waals surface area contributed by atoms with Crippen molar-refractivity contribution >= 4 is 17.2 Å². The SMILES string of the molecule is Fc1ccc(COc2ccc(C(=S)NC[C@H]3CCCO3)cc2)cc1. The van der Waals surface area contributed by atoms with E-state index in [1.165, 1.54) is 12.1 Å². The van der Waals surface area contributed by atoms with E-state index in [1.807, 2.05) is 24.3 Å². The van der Waals surface area contributed by atoms with Crippen LogP contribution in [0.5, 0.6) is 5.75 Å². The van der Waals surface area contributed by atoms with Crippen molar-refractivity contribution in [3.05, 3.63) is 65.5 Å². The highest BCUT2D eigenvalue weighted by Crippen LogP contribution is 2.15. The predicted octanol–water partition coefficient (Wildman–Crippen LogP) is 3.85. The highest BCUT2D eigenvalue weighted by molar-refractivity contribution is 7.80. The maximum Gasteiger partial charge on any atom is 0.123 e. The monoisotopic (exact) mass is 345 g/mol. The van der Waals surface area contributed by atoms with Gasteiger partial charge in [-0.25, -0.2) is 4.39 Å².